The summed E-state index contributed by atoms with van der Waals surface area (Å²) in [7, 11) is -15.5. The Balaban J connectivity index is 0. The summed E-state index contributed by atoms with van der Waals surface area (Å²) in [4.78, 5) is 64.1. The molecule has 0 aromatic heterocycles. The van der Waals surface area contributed by atoms with Crippen LogP contribution in [0, 0.1) is 24.2 Å². The van der Waals surface area contributed by atoms with E-state index < -0.39 is 160 Å². The number of ketones is 1. The molecule has 6 unspecified atom stereocenters. The van der Waals surface area contributed by atoms with Gasteiger partial charge in [0.2, 0.25) is 48.9 Å². The van der Waals surface area contributed by atoms with Crippen molar-refractivity contribution in [3.8, 4) is 0 Å². The molecule has 4 aliphatic rings. The van der Waals surface area contributed by atoms with Gasteiger partial charge in [-0.3, -0.25) is 34.3 Å². The van der Waals surface area contributed by atoms with Crippen LogP contribution in [0.25, 0.3) is 0 Å². The molecule has 86 heavy (non-hydrogen) atoms. The molecule has 2 saturated heterocycles. The molecule has 2 aliphatic heterocycles. The molecule has 0 aromatic carbocycles. The number of carbonyl (C=O) groups excluding carboxylic acids is 5. The van der Waals surface area contributed by atoms with E-state index in [9.17, 15) is 80.6 Å². The first-order valence-electron chi connectivity index (χ1n) is 26.4. The Morgan fingerprint density at radius 1 is 0.744 bits per heavy atom. The van der Waals surface area contributed by atoms with E-state index >= 15 is 0 Å². The Labute approximate surface area is 588 Å². The molecule has 0 radical (unpaired) electrons. The van der Waals surface area contributed by atoms with Gasteiger partial charge >= 0.3 is 118 Å². The first-order valence-corrected chi connectivity index (χ1v) is 30.4. The molecular weight excluding hydrogens is 1260 g/mol. The summed E-state index contributed by atoms with van der Waals surface area (Å²) >= 11 is 0. The minimum Gasteiger partial charge on any atom is -0.726 e. The predicted molar refractivity (Wildman–Crippen MR) is 266 cm³/mol. The Morgan fingerprint density at radius 3 is 1.92 bits per heavy atom. The number of rotatable bonds is 33. The van der Waals surface area contributed by atoms with Gasteiger partial charge in [0.05, 0.1) is 63.4 Å². The minimum atomic E-state index is -5.41. The average molecular weight is 1340 g/mol. The zero-order chi connectivity index (χ0) is 61.5. The molecule has 0 bridgehead atoms. The summed E-state index contributed by atoms with van der Waals surface area (Å²) in [6, 6.07) is -1.39. The van der Waals surface area contributed by atoms with Gasteiger partial charge < -0.3 is 102 Å². The Kier molecular flexibility index (Phi) is 45.8. The van der Waals surface area contributed by atoms with Crippen LogP contribution in [0.3, 0.4) is 0 Å². The quantitative estimate of drug-likeness (QED) is 0.00968. The van der Waals surface area contributed by atoms with Crippen LogP contribution in [-0.2, 0) is 96.7 Å². The molecule has 4 fully saturated rings. The zero-order valence-corrected chi connectivity index (χ0v) is 59.7. The van der Waals surface area contributed by atoms with Gasteiger partial charge in [-0.1, -0.05) is 52.1 Å². The summed E-state index contributed by atoms with van der Waals surface area (Å²) < 4.78 is 147. The number of aliphatic hydroxyl groups excluding tert-OH is 5. The third-order valence-corrected chi connectivity index (χ3v) is 14.6. The molecule has 40 heteroatoms. The maximum Gasteiger partial charge on any atom is 1.00 e. The molecule has 2 aliphatic carbocycles. The number of amides is 3. The fraction of sp³-hybridized carbons (Fsp3) is 0.870. The van der Waals surface area contributed by atoms with Gasteiger partial charge in [-0.25, -0.2) is 25.3 Å². The fourth-order valence-corrected chi connectivity index (χ4v) is 10.4. The van der Waals surface area contributed by atoms with Crippen molar-refractivity contribution in [2.24, 2.45) is 17.8 Å². The van der Waals surface area contributed by atoms with Gasteiger partial charge in [0.25, 0.3) is 0 Å². The van der Waals surface area contributed by atoms with Crippen LogP contribution in [0.15, 0.2) is 0 Å². The van der Waals surface area contributed by atoms with Gasteiger partial charge in [-0.05, 0) is 44.4 Å². The Hall–Kier alpha value is 0.680. The van der Waals surface area contributed by atoms with Crippen molar-refractivity contribution in [1.82, 2.24) is 16.0 Å². The van der Waals surface area contributed by atoms with E-state index in [1.54, 1.807) is 0 Å². The van der Waals surface area contributed by atoms with Crippen molar-refractivity contribution < 1.29 is 258 Å². The van der Waals surface area contributed by atoms with E-state index in [1.165, 1.54) is 13.8 Å². The molecule has 16 atom stereocenters. The number of aliphatic hydroxyl groups is 5. The topological polar surface area (TPSA) is 521 Å². The Morgan fingerprint density at radius 2 is 1.36 bits per heavy atom. The van der Waals surface area contributed by atoms with E-state index in [-0.39, 0.29) is 214 Å². The molecule has 33 nitrogen and oxygen atoms in total. The van der Waals surface area contributed by atoms with Gasteiger partial charge in [0, 0.05) is 44.9 Å². The average Bonchev–Trinajstić information content (AvgIpc) is 3.37. The second-order valence-corrected chi connectivity index (χ2v) is 22.8. The van der Waals surface area contributed by atoms with Crippen molar-refractivity contribution in [3.05, 3.63) is 6.42 Å². The molecule has 2 heterocycles. The first kappa shape index (κ1) is 88.7. The maximum absolute atomic E-state index is 14.0. The summed E-state index contributed by atoms with van der Waals surface area (Å²) in [6.45, 7) is 2.38. The molecular formula is C46H76N3Na4O30S3-. The molecule has 0 aromatic rings. The number of carbonyl (C=O) groups is 5. The van der Waals surface area contributed by atoms with Crippen LogP contribution in [-0.4, -0.2) is 237 Å². The number of ether oxygens (including phenoxy) is 7. The standard InChI is InChI=1S/C46H78N3O26S2.4Na.H2O4S/c1-4-28-22-29(30(52)11-8-14-47-35(53)13-16-67-19-20-68-18-15-48-43(58)31(75-77(64,65)66)12-17-69-76(61,62)63)23-32(41(28)74-46-40(57)39(56)37(54)25(2)70-46)72-45-36(49-26(3)51)42(38(55)34(24-50)73-45)71-33(44(59)60)21-27-9-6-5-7-10-27;;;;;1-5(2,3)4/h12,25,27-29,31-34,36-42,45-46,50,54-57H,4-11,13-24H2,1-3H3,(H,47,53)(H,48,58)(H,49,51)(H,59,60)(H,61,62,63)(H,64,65,66);;;;;(H2,1,2,3,4)/q-1;4*+1;/p-4/t25?,28?,29?,31-,32+,33-,34-,36?,37+,38-,39-,40?,41+,42?,45+,46-;;;;;/m0...../s1. The summed E-state index contributed by atoms with van der Waals surface area (Å²) in [5, 5.41) is 74.0. The number of hydrogen-bond donors (Lipinski definition) is 9. The van der Waals surface area contributed by atoms with E-state index in [0.717, 1.165) is 32.1 Å². The number of nitrogens with one attached hydrogen (secondary N) is 3. The SMILES string of the molecule is CCC1CC(C(=O)CCCNC(=O)CCOCCOCCNC(=O)[C@H]([CH-]COS(=O)(=O)[O-])OS(=O)(=O)[O-])C[C@@H](O[C@@H]2O[C@@H](CO)[C@H](O)C(O[C@@H](CC3CCCCC3)C(=O)[O-])C2NC(C)=O)[C@@H]1O[C@@H]1OC(C)[C@@H](O)[C@H](O)C1O.O=S(=O)([O-])O.[Na+].[Na+].[Na+].[Na+]. The van der Waals surface area contributed by atoms with Crippen LogP contribution in [0.2, 0.25) is 0 Å². The van der Waals surface area contributed by atoms with Crippen LogP contribution < -0.4 is 139 Å². The normalized spacial score (nSPS) is 28.6. The number of Topliss-reactive ketones (excluding diaryl/α,β-unsaturated/α-hetero) is 1. The molecule has 4 rings (SSSR count). The summed E-state index contributed by atoms with van der Waals surface area (Å²) in [5.41, 5.74) is 0. The third kappa shape index (κ3) is 34.2. The zero-order valence-electron chi connectivity index (χ0n) is 49.2. The van der Waals surface area contributed by atoms with Crippen molar-refractivity contribution in [3.63, 3.8) is 0 Å². The summed E-state index contributed by atoms with van der Waals surface area (Å²) in [6.07, 6.45) is -13.5. The molecule has 3 amide bonds. The Bertz CT molecular complexity index is 2350. The number of carboxylic acids is 1. The molecule has 0 spiro atoms. The summed E-state index contributed by atoms with van der Waals surface area (Å²) in [5.74, 6) is -5.13. The number of carboxylic acid groups (broad SMARTS) is 1. The number of aliphatic carboxylic acids is 1. The maximum atomic E-state index is 14.0. The van der Waals surface area contributed by atoms with Gasteiger partial charge in [-0.15, -0.1) is 0 Å². The number of hydrogen-bond acceptors (Lipinski definition) is 29. The van der Waals surface area contributed by atoms with Gasteiger partial charge in [0.15, 0.2) is 12.6 Å². The van der Waals surface area contributed by atoms with E-state index in [4.69, 9.17) is 50.7 Å². The second-order valence-electron chi connectivity index (χ2n) is 19.9. The molecule has 2 saturated carbocycles. The fourth-order valence-electron chi connectivity index (χ4n) is 9.76. The second kappa shape index (κ2) is 44.4. The van der Waals surface area contributed by atoms with Crippen LogP contribution >= 0.6 is 0 Å². The van der Waals surface area contributed by atoms with Crippen molar-refractivity contribution >= 4 is 60.7 Å². The van der Waals surface area contributed by atoms with E-state index in [1.807, 2.05) is 6.92 Å². The van der Waals surface area contributed by atoms with Crippen LogP contribution in [0.4, 0.5) is 0 Å². The minimum absolute atomic E-state index is 0. The van der Waals surface area contributed by atoms with Crippen molar-refractivity contribution in [1.29, 1.82) is 0 Å². The first-order chi connectivity index (χ1) is 38.3. The van der Waals surface area contributed by atoms with E-state index in [0.29, 0.717) is 12.8 Å². The smallest absolute Gasteiger partial charge is 0.726 e. The van der Waals surface area contributed by atoms with Crippen LogP contribution in [0.5, 0.6) is 0 Å². The largest absolute Gasteiger partial charge is 1.00 e. The van der Waals surface area contributed by atoms with Crippen molar-refractivity contribution in [2.45, 2.75) is 184 Å². The monoisotopic (exact) mass is 1340 g/mol. The van der Waals surface area contributed by atoms with E-state index in [2.05, 4.69) is 24.3 Å². The van der Waals surface area contributed by atoms with Gasteiger partial charge in [0.1, 0.15) is 48.4 Å². The van der Waals surface area contributed by atoms with Crippen LogP contribution in [0.1, 0.15) is 97.8 Å². The predicted octanol–water partition coefficient (Wildman–Crippen LogP) is -17.4. The van der Waals surface area contributed by atoms with Crippen molar-refractivity contribution in [2.75, 3.05) is 52.7 Å². The molecule has 9 N–H and O–H groups in total. The molecule has 478 valence electrons. The third-order valence-electron chi connectivity index (χ3n) is 13.7. The van der Waals surface area contributed by atoms with Gasteiger partial charge in [-0.2, -0.15) is 0 Å².